The number of hydrogen-bond donors (Lipinski definition) is 1. The van der Waals surface area contributed by atoms with E-state index in [-0.39, 0.29) is 24.5 Å². The molecule has 4 aromatic rings. The SMILES string of the molecule is CCc1cccc(NC(=O)N(CC(=O)N2c3ccccc3-n3cccc3C2c2cc(OC)ccc2OC)C2CC2)c1. The van der Waals surface area contributed by atoms with Crippen LogP contribution >= 0.6 is 0 Å². The van der Waals surface area contributed by atoms with Crippen LogP contribution in [-0.4, -0.2) is 48.2 Å². The van der Waals surface area contributed by atoms with E-state index < -0.39 is 6.04 Å². The molecule has 3 amide bonds. The molecule has 8 heteroatoms. The van der Waals surface area contributed by atoms with Crippen molar-refractivity contribution >= 4 is 23.3 Å². The number of rotatable bonds is 8. The fourth-order valence-electron chi connectivity index (χ4n) is 5.65. The van der Waals surface area contributed by atoms with Crippen LogP contribution in [0.4, 0.5) is 16.2 Å². The second-order valence-electron chi connectivity index (χ2n) is 10.4. The van der Waals surface area contributed by atoms with E-state index in [1.54, 1.807) is 19.1 Å². The molecule has 0 saturated heterocycles. The van der Waals surface area contributed by atoms with E-state index in [1.165, 1.54) is 0 Å². The molecule has 3 aromatic carbocycles. The van der Waals surface area contributed by atoms with Crippen LogP contribution in [0.15, 0.2) is 85.1 Å². The summed E-state index contributed by atoms with van der Waals surface area (Å²) in [5, 5.41) is 3.03. The molecule has 1 aromatic heterocycles. The molecular formula is C33H34N4O4. The van der Waals surface area contributed by atoms with Crippen LogP contribution in [-0.2, 0) is 11.2 Å². The number of amides is 3. The Morgan fingerprint density at radius 3 is 2.46 bits per heavy atom. The number of methoxy groups -OCH3 is 2. The van der Waals surface area contributed by atoms with Crippen LogP contribution in [0.25, 0.3) is 5.69 Å². The number of nitrogens with zero attached hydrogens (tertiary/aromatic N) is 3. The number of anilines is 2. The number of aromatic nitrogens is 1. The van der Waals surface area contributed by atoms with Crippen molar-refractivity contribution in [2.24, 2.45) is 0 Å². The Morgan fingerprint density at radius 1 is 0.927 bits per heavy atom. The predicted octanol–water partition coefficient (Wildman–Crippen LogP) is 6.19. The maximum absolute atomic E-state index is 14.5. The van der Waals surface area contributed by atoms with Crippen LogP contribution in [0.5, 0.6) is 11.5 Å². The number of aryl methyl sites for hydroxylation is 1. The summed E-state index contributed by atoms with van der Waals surface area (Å²) in [6.45, 7) is 2.03. The molecule has 1 saturated carbocycles. The Morgan fingerprint density at radius 2 is 1.73 bits per heavy atom. The minimum absolute atomic E-state index is 0.0296. The highest BCUT2D eigenvalue weighted by molar-refractivity contribution is 6.01. The minimum Gasteiger partial charge on any atom is -0.497 e. The Labute approximate surface area is 240 Å². The van der Waals surface area contributed by atoms with Gasteiger partial charge in [0.25, 0.3) is 0 Å². The lowest BCUT2D eigenvalue weighted by molar-refractivity contribution is -0.119. The van der Waals surface area contributed by atoms with E-state index in [0.29, 0.717) is 11.5 Å². The van der Waals surface area contributed by atoms with Crippen molar-refractivity contribution in [3.05, 3.63) is 102 Å². The van der Waals surface area contributed by atoms with E-state index >= 15 is 0 Å². The maximum Gasteiger partial charge on any atom is 0.322 e. The third-order valence-corrected chi connectivity index (χ3v) is 7.86. The summed E-state index contributed by atoms with van der Waals surface area (Å²) in [6.07, 6.45) is 4.63. The van der Waals surface area contributed by atoms with Crippen LogP contribution in [0.1, 0.15) is 42.6 Å². The largest absolute Gasteiger partial charge is 0.497 e. The summed E-state index contributed by atoms with van der Waals surface area (Å²) in [5.41, 5.74) is 5.25. The quantitative estimate of drug-likeness (QED) is 0.284. The van der Waals surface area contributed by atoms with Gasteiger partial charge in [-0.15, -0.1) is 0 Å². The molecule has 1 aliphatic heterocycles. The highest BCUT2D eigenvalue weighted by Gasteiger charge is 2.41. The first-order valence-electron chi connectivity index (χ1n) is 14.0. The monoisotopic (exact) mass is 550 g/mol. The van der Waals surface area contributed by atoms with Crippen LogP contribution in [0.2, 0.25) is 0 Å². The summed E-state index contributed by atoms with van der Waals surface area (Å²) in [7, 11) is 3.25. The third kappa shape index (κ3) is 5.01. The molecule has 210 valence electrons. The zero-order valence-corrected chi connectivity index (χ0v) is 23.5. The van der Waals surface area contributed by atoms with Crippen molar-refractivity contribution in [1.82, 2.24) is 9.47 Å². The van der Waals surface area contributed by atoms with E-state index in [0.717, 1.165) is 53.1 Å². The Bertz CT molecular complexity index is 1590. The summed E-state index contributed by atoms with van der Waals surface area (Å²) in [6, 6.07) is 24.6. The molecule has 2 heterocycles. The second kappa shape index (κ2) is 11.0. The Hall–Kier alpha value is -4.72. The lowest BCUT2D eigenvalue weighted by Crippen LogP contribution is -2.48. The highest BCUT2D eigenvalue weighted by Crippen LogP contribution is 2.45. The van der Waals surface area contributed by atoms with Crippen LogP contribution in [0, 0.1) is 0 Å². The van der Waals surface area contributed by atoms with Crippen molar-refractivity contribution in [2.75, 3.05) is 31.0 Å². The minimum atomic E-state index is -0.497. The van der Waals surface area contributed by atoms with Gasteiger partial charge in [0.2, 0.25) is 5.91 Å². The average Bonchev–Trinajstić information content (AvgIpc) is 3.73. The van der Waals surface area contributed by atoms with Crippen molar-refractivity contribution in [2.45, 2.75) is 38.3 Å². The van der Waals surface area contributed by atoms with E-state index in [1.807, 2.05) is 90.0 Å². The number of ether oxygens (including phenoxy) is 2. The topological polar surface area (TPSA) is 76.0 Å². The zero-order valence-electron chi connectivity index (χ0n) is 23.5. The molecule has 6 rings (SSSR count). The number of fused-ring (bicyclic) bond motifs is 3. The van der Waals surface area contributed by atoms with Crippen molar-refractivity contribution in [3.8, 4) is 17.2 Å². The van der Waals surface area contributed by atoms with Gasteiger partial charge in [0, 0.05) is 23.5 Å². The number of para-hydroxylation sites is 2. The van der Waals surface area contributed by atoms with Crippen molar-refractivity contribution in [3.63, 3.8) is 0 Å². The van der Waals surface area contributed by atoms with E-state index in [9.17, 15) is 9.59 Å². The zero-order chi connectivity index (χ0) is 28.5. The van der Waals surface area contributed by atoms with Gasteiger partial charge in [-0.05, 0) is 79.4 Å². The van der Waals surface area contributed by atoms with Gasteiger partial charge < -0.3 is 24.3 Å². The van der Waals surface area contributed by atoms with Gasteiger partial charge in [-0.2, -0.15) is 0 Å². The number of nitrogens with one attached hydrogen (secondary N) is 1. The molecule has 0 spiro atoms. The van der Waals surface area contributed by atoms with Gasteiger partial charge in [-0.3, -0.25) is 9.69 Å². The summed E-state index contributed by atoms with van der Waals surface area (Å²) < 4.78 is 13.4. The third-order valence-electron chi connectivity index (χ3n) is 7.86. The molecule has 1 fully saturated rings. The molecule has 1 N–H and O–H groups in total. The number of benzene rings is 3. The number of hydrogen-bond acceptors (Lipinski definition) is 4. The van der Waals surface area contributed by atoms with E-state index in [4.69, 9.17) is 9.47 Å². The summed E-state index contributed by atoms with van der Waals surface area (Å²) in [4.78, 5) is 31.5. The molecule has 0 radical (unpaired) electrons. The first kappa shape index (κ1) is 26.5. The molecular weight excluding hydrogens is 516 g/mol. The normalized spacial score (nSPS) is 15.5. The number of urea groups is 1. The molecule has 1 aliphatic carbocycles. The van der Waals surface area contributed by atoms with Gasteiger partial charge in [0.05, 0.1) is 31.3 Å². The molecule has 8 nitrogen and oxygen atoms in total. The summed E-state index contributed by atoms with van der Waals surface area (Å²) in [5.74, 6) is 1.14. The maximum atomic E-state index is 14.5. The second-order valence-corrected chi connectivity index (χ2v) is 10.4. The Kier molecular flexibility index (Phi) is 7.14. The smallest absolute Gasteiger partial charge is 0.322 e. The van der Waals surface area contributed by atoms with Gasteiger partial charge in [0.1, 0.15) is 24.1 Å². The molecule has 1 unspecified atom stereocenters. The van der Waals surface area contributed by atoms with Crippen molar-refractivity contribution < 1.29 is 19.1 Å². The highest BCUT2D eigenvalue weighted by atomic mass is 16.5. The molecule has 2 aliphatic rings. The predicted molar refractivity (Wildman–Crippen MR) is 159 cm³/mol. The number of carbonyl (C=O) groups excluding carboxylic acids is 2. The lowest BCUT2D eigenvalue weighted by atomic mass is 9.96. The van der Waals surface area contributed by atoms with Gasteiger partial charge in [-0.25, -0.2) is 4.79 Å². The lowest BCUT2D eigenvalue weighted by Gasteiger charge is -2.40. The van der Waals surface area contributed by atoms with Gasteiger partial charge in [-0.1, -0.05) is 31.2 Å². The van der Waals surface area contributed by atoms with Gasteiger partial charge >= 0.3 is 6.03 Å². The fraction of sp³-hybridized carbons (Fsp3) is 0.273. The van der Waals surface area contributed by atoms with Crippen molar-refractivity contribution in [1.29, 1.82) is 0 Å². The number of carbonyl (C=O) groups is 2. The average molecular weight is 551 g/mol. The molecule has 0 bridgehead atoms. The molecule has 1 atom stereocenters. The Balaban J connectivity index is 1.39. The first-order valence-corrected chi connectivity index (χ1v) is 14.0. The standard InChI is InChI=1S/C33H34N4O4/c1-4-22-9-7-10-23(19-22)34-33(39)36(24-14-15-24)21-31(38)37-28-12-6-5-11-27(28)35-18-8-13-29(35)32(37)26-20-25(40-2)16-17-30(26)41-3/h5-13,16-20,24,32H,4,14-15,21H2,1-3H3,(H,34,39). The van der Waals surface area contributed by atoms with Crippen LogP contribution < -0.4 is 19.7 Å². The van der Waals surface area contributed by atoms with Crippen LogP contribution in [0.3, 0.4) is 0 Å². The fourth-order valence-corrected chi connectivity index (χ4v) is 5.65. The first-order chi connectivity index (χ1) is 20.0. The van der Waals surface area contributed by atoms with E-state index in [2.05, 4.69) is 16.8 Å². The molecule has 41 heavy (non-hydrogen) atoms. The summed E-state index contributed by atoms with van der Waals surface area (Å²) >= 11 is 0. The van der Waals surface area contributed by atoms with Gasteiger partial charge in [0.15, 0.2) is 0 Å².